The van der Waals surface area contributed by atoms with E-state index in [1.54, 1.807) is 17.1 Å². The smallest absolute Gasteiger partial charge is 0.269 e. The number of rotatable bonds is 7. The lowest BCUT2D eigenvalue weighted by molar-refractivity contribution is 0.0914. The van der Waals surface area contributed by atoms with E-state index in [-0.39, 0.29) is 17.9 Å². The number of carbonyl (C=O) groups is 1. The number of ether oxygens (including phenoxy) is 1. The second-order valence-corrected chi connectivity index (χ2v) is 7.37. The molecule has 0 radical (unpaired) electrons. The molecule has 2 aromatic rings. The Morgan fingerprint density at radius 3 is 2.81 bits per heavy atom. The Hall–Kier alpha value is -2.21. The Labute approximate surface area is 155 Å². The third-order valence-corrected chi connectivity index (χ3v) is 4.74. The quantitative estimate of drug-likeness (QED) is 0.827. The third kappa shape index (κ3) is 4.49. The van der Waals surface area contributed by atoms with Gasteiger partial charge in [-0.1, -0.05) is 13.8 Å². The monoisotopic (exact) mass is 356 g/mol. The fraction of sp³-hybridized carbons (Fsp3) is 0.550. The van der Waals surface area contributed by atoms with Crippen LogP contribution in [0.4, 0.5) is 0 Å². The summed E-state index contributed by atoms with van der Waals surface area (Å²) in [6, 6.07) is 5.97. The Morgan fingerprint density at radius 1 is 1.35 bits per heavy atom. The molecular formula is C20H28N4O2. The van der Waals surface area contributed by atoms with Crippen LogP contribution in [0, 0.1) is 11.8 Å². The lowest BCUT2D eigenvalue weighted by Crippen LogP contribution is -2.41. The number of hydrogen-bond donors (Lipinski definition) is 1. The van der Waals surface area contributed by atoms with Crippen LogP contribution < -0.4 is 5.32 Å². The number of aromatic nitrogens is 3. The van der Waals surface area contributed by atoms with Gasteiger partial charge in [0.1, 0.15) is 5.69 Å². The van der Waals surface area contributed by atoms with Crippen molar-refractivity contribution in [2.75, 3.05) is 13.2 Å². The number of carbonyl (C=O) groups excluding carboxylic acids is 1. The van der Waals surface area contributed by atoms with E-state index in [4.69, 9.17) is 4.74 Å². The highest BCUT2D eigenvalue weighted by molar-refractivity contribution is 5.93. The summed E-state index contributed by atoms with van der Waals surface area (Å²) in [5.41, 5.74) is 2.83. The summed E-state index contributed by atoms with van der Waals surface area (Å²) < 4.78 is 7.43. The highest BCUT2D eigenvalue weighted by atomic mass is 16.5. The topological polar surface area (TPSA) is 69.0 Å². The second-order valence-electron chi connectivity index (χ2n) is 7.37. The van der Waals surface area contributed by atoms with Crippen LogP contribution in [-0.2, 0) is 24.1 Å². The van der Waals surface area contributed by atoms with Gasteiger partial charge in [0.15, 0.2) is 0 Å². The highest BCUT2D eigenvalue weighted by Crippen LogP contribution is 2.20. The molecule has 2 aromatic heterocycles. The van der Waals surface area contributed by atoms with Gasteiger partial charge in [0.2, 0.25) is 0 Å². The van der Waals surface area contributed by atoms with E-state index >= 15 is 0 Å². The minimum atomic E-state index is -0.0652. The molecule has 3 rings (SSSR count). The first-order valence-corrected chi connectivity index (χ1v) is 9.41. The fourth-order valence-electron chi connectivity index (χ4n) is 3.44. The van der Waals surface area contributed by atoms with Gasteiger partial charge < -0.3 is 10.1 Å². The lowest BCUT2D eigenvalue weighted by atomic mass is 9.95. The molecule has 0 spiro atoms. The minimum absolute atomic E-state index is 0.0180. The van der Waals surface area contributed by atoms with E-state index in [0.29, 0.717) is 31.4 Å². The molecule has 6 heteroatoms. The van der Waals surface area contributed by atoms with Gasteiger partial charge in [-0.25, -0.2) is 0 Å². The predicted molar refractivity (Wildman–Crippen MR) is 99.9 cm³/mol. The molecule has 1 N–H and O–H groups in total. The Morgan fingerprint density at radius 2 is 2.12 bits per heavy atom. The first-order valence-electron chi connectivity index (χ1n) is 9.41. The largest absolute Gasteiger partial charge is 0.379 e. The summed E-state index contributed by atoms with van der Waals surface area (Å²) in [4.78, 5) is 16.9. The number of nitrogens with zero attached hydrogens (tertiary/aromatic N) is 3. The van der Waals surface area contributed by atoms with Crippen molar-refractivity contribution >= 4 is 5.91 Å². The zero-order valence-corrected chi connectivity index (χ0v) is 15.8. The maximum Gasteiger partial charge on any atom is 0.269 e. The van der Waals surface area contributed by atoms with Crippen molar-refractivity contribution in [1.29, 1.82) is 0 Å². The van der Waals surface area contributed by atoms with Crippen molar-refractivity contribution in [3.8, 4) is 0 Å². The van der Waals surface area contributed by atoms with E-state index in [1.807, 2.05) is 25.1 Å². The molecule has 140 valence electrons. The molecule has 6 nitrogen and oxygen atoms in total. The summed E-state index contributed by atoms with van der Waals surface area (Å²) in [5, 5.41) is 7.74. The Balaban J connectivity index is 1.67. The van der Waals surface area contributed by atoms with Gasteiger partial charge in [0.25, 0.3) is 5.91 Å². The zero-order valence-electron chi connectivity index (χ0n) is 15.8. The maximum absolute atomic E-state index is 12.8. The van der Waals surface area contributed by atoms with Gasteiger partial charge in [0, 0.05) is 24.9 Å². The SMILES string of the molecule is CCn1nc(CC(C)C)cc1C(=O)N[C@H]1COC[C@H]1Cc1ccncc1. The van der Waals surface area contributed by atoms with Gasteiger partial charge in [0.05, 0.1) is 24.9 Å². The normalized spacial score (nSPS) is 19.8. The molecule has 0 saturated carbocycles. The van der Waals surface area contributed by atoms with E-state index in [9.17, 15) is 4.79 Å². The predicted octanol–water partition coefficient (Wildman–Crippen LogP) is 2.48. The molecule has 1 amide bonds. The van der Waals surface area contributed by atoms with Crippen molar-refractivity contribution in [2.45, 2.75) is 46.2 Å². The molecule has 3 heterocycles. The van der Waals surface area contributed by atoms with Crippen LogP contribution in [0.25, 0.3) is 0 Å². The van der Waals surface area contributed by atoms with Crippen LogP contribution in [0.1, 0.15) is 42.5 Å². The van der Waals surface area contributed by atoms with Crippen LogP contribution in [0.2, 0.25) is 0 Å². The van der Waals surface area contributed by atoms with Crippen LogP contribution in [0.5, 0.6) is 0 Å². The standard InChI is InChI=1S/C20H28N4O2/c1-4-24-19(11-17(23-24)9-14(2)3)20(25)22-18-13-26-12-16(18)10-15-5-7-21-8-6-15/h5-8,11,14,16,18H,4,9-10,12-13H2,1-3H3,(H,22,25)/t16-,18+/m1/s1. The van der Waals surface area contributed by atoms with Crippen LogP contribution in [0.15, 0.2) is 30.6 Å². The highest BCUT2D eigenvalue weighted by Gasteiger charge is 2.30. The van der Waals surface area contributed by atoms with Crippen LogP contribution in [-0.4, -0.2) is 39.9 Å². The van der Waals surface area contributed by atoms with Gasteiger partial charge in [-0.2, -0.15) is 5.10 Å². The number of aryl methyl sites for hydroxylation is 1. The summed E-state index contributed by atoms with van der Waals surface area (Å²) in [5.74, 6) is 0.721. The molecule has 0 aromatic carbocycles. The van der Waals surface area contributed by atoms with Gasteiger partial charge >= 0.3 is 0 Å². The van der Waals surface area contributed by atoms with Gasteiger partial charge in [-0.15, -0.1) is 0 Å². The number of pyridine rings is 1. The Bertz CT molecular complexity index is 727. The van der Waals surface area contributed by atoms with Crippen molar-refractivity contribution in [2.24, 2.45) is 11.8 Å². The first kappa shape index (κ1) is 18.6. The van der Waals surface area contributed by atoms with E-state index < -0.39 is 0 Å². The summed E-state index contributed by atoms with van der Waals surface area (Å²) in [6.45, 7) is 8.23. The van der Waals surface area contributed by atoms with Crippen molar-refractivity contribution in [3.63, 3.8) is 0 Å². The molecule has 1 aliphatic rings. The van der Waals surface area contributed by atoms with Gasteiger partial charge in [-0.05, 0) is 49.4 Å². The second kappa shape index (κ2) is 8.45. The van der Waals surface area contributed by atoms with Crippen molar-refractivity contribution in [3.05, 3.63) is 47.5 Å². The molecule has 26 heavy (non-hydrogen) atoms. The lowest BCUT2D eigenvalue weighted by Gasteiger charge is -2.19. The zero-order chi connectivity index (χ0) is 18.5. The average molecular weight is 356 g/mol. The summed E-state index contributed by atoms with van der Waals surface area (Å²) in [7, 11) is 0. The van der Waals surface area contributed by atoms with Gasteiger partial charge in [-0.3, -0.25) is 14.5 Å². The average Bonchev–Trinajstić information content (AvgIpc) is 3.22. The molecular weight excluding hydrogens is 328 g/mol. The number of hydrogen-bond acceptors (Lipinski definition) is 4. The molecule has 0 unspecified atom stereocenters. The summed E-state index contributed by atoms with van der Waals surface area (Å²) >= 11 is 0. The number of amides is 1. The third-order valence-electron chi connectivity index (χ3n) is 4.74. The molecule has 2 atom stereocenters. The van der Waals surface area contributed by atoms with E-state index in [1.165, 1.54) is 5.56 Å². The van der Waals surface area contributed by atoms with Crippen molar-refractivity contribution in [1.82, 2.24) is 20.1 Å². The van der Waals surface area contributed by atoms with Crippen LogP contribution >= 0.6 is 0 Å². The maximum atomic E-state index is 12.8. The first-order chi connectivity index (χ1) is 12.6. The van der Waals surface area contributed by atoms with E-state index in [2.05, 4.69) is 29.2 Å². The van der Waals surface area contributed by atoms with Crippen LogP contribution in [0.3, 0.4) is 0 Å². The molecule has 1 saturated heterocycles. The summed E-state index contributed by atoms with van der Waals surface area (Å²) in [6.07, 6.45) is 5.35. The Kier molecular flexibility index (Phi) is 6.04. The van der Waals surface area contributed by atoms with E-state index in [0.717, 1.165) is 18.5 Å². The number of nitrogens with one attached hydrogen (secondary N) is 1. The molecule has 1 aliphatic heterocycles. The fourth-order valence-corrected chi connectivity index (χ4v) is 3.44. The minimum Gasteiger partial charge on any atom is -0.379 e. The molecule has 0 aliphatic carbocycles. The van der Waals surface area contributed by atoms with Crippen molar-refractivity contribution < 1.29 is 9.53 Å². The molecule has 0 bridgehead atoms. The molecule has 1 fully saturated rings.